The lowest BCUT2D eigenvalue weighted by Crippen LogP contribution is -2.56. The van der Waals surface area contributed by atoms with E-state index in [1.54, 1.807) is 13.0 Å². The Morgan fingerprint density at radius 1 is 1.03 bits per heavy atom. The van der Waals surface area contributed by atoms with Crippen LogP contribution in [0.2, 0.25) is 0 Å². The molecule has 0 aromatic heterocycles. The highest BCUT2D eigenvalue weighted by molar-refractivity contribution is 7.90. The first kappa shape index (κ1) is 25.4. The normalized spacial score (nSPS) is 15.5. The summed E-state index contributed by atoms with van der Waals surface area (Å²) in [4.78, 5) is 40.6. The molecule has 1 atom stereocenters. The predicted octanol–water partition coefficient (Wildman–Crippen LogP) is 2.60. The molecule has 34 heavy (non-hydrogen) atoms. The Bertz CT molecular complexity index is 1170. The Hall–Kier alpha value is -3.20. The molecule has 1 aliphatic rings. The Morgan fingerprint density at radius 3 is 2.24 bits per heavy atom. The van der Waals surface area contributed by atoms with Crippen LogP contribution in [-0.2, 0) is 26.0 Å². The number of nitrogens with zero attached hydrogens (tertiary/aromatic N) is 2. The minimum atomic E-state index is -4.14. The van der Waals surface area contributed by atoms with Gasteiger partial charge in [0.2, 0.25) is 11.8 Å². The smallest absolute Gasteiger partial charge is 0.269 e. The maximum atomic E-state index is 13.5. The summed E-state index contributed by atoms with van der Waals surface area (Å²) in [6.07, 6.45) is 0.816. The summed E-state index contributed by atoms with van der Waals surface area (Å²) in [6.45, 7) is 6.88. The lowest BCUT2D eigenvalue weighted by Gasteiger charge is -2.33. The van der Waals surface area contributed by atoms with Crippen molar-refractivity contribution in [2.24, 2.45) is 0 Å². The van der Waals surface area contributed by atoms with Gasteiger partial charge in [-0.15, -0.1) is 0 Å². The van der Waals surface area contributed by atoms with E-state index in [2.05, 4.69) is 5.32 Å². The number of carbonyl (C=O) groups excluding carboxylic acids is 3. The van der Waals surface area contributed by atoms with E-state index in [9.17, 15) is 22.8 Å². The molecule has 3 rings (SSSR count). The van der Waals surface area contributed by atoms with Gasteiger partial charge in [-0.2, -0.15) is 0 Å². The molecule has 3 amide bonds. The van der Waals surface area contributed by atoms with Crippen LogP contribution in [0.25, 0.3) is 0 Å². The van der Waals surface area contributed by atoms with Gasteiger partial charge in [-0.3, -0.25) is 14.4 Å². The van der Waals surface area contributed by atoms with Gasteiger partial charge in [0.15, 0.2) is 0 Å². The van der Waals surface area contributed by atoms with E-state index < -0.39 is 40.0 Å². The van der Waals surface area contributed by atoms with Gasteiger partial charge in [0.25, 0.3) is 15.9 Å². The molecule has 2 aromatic carbocycles. The van der Waals surface area contributed by atoms with Crippen LogP contribution in [0.15, 0.2) is 59.5 Å². The fourth-order valence-electron chi connectivity index (χ4n) is 3.95. The van der Waals surface area contributed by atoms with Crippen molar-refractivity contribution in [3.8, 4) is 0 Å². The summed E-state index contributed by atoms with van der Waals surface area (Å²) in [7, 11) is -4.14. The van der Waals surface area contributed by atoms with Crippen LogP contribution in [0.3, 0.4) is 0 Å². The second-order valence-electron chi connectivity index (χ2n) is 9.30. The van der Waals surface area contributed by atoms with Gasteiger partial charge < -0.3 is 10.2 Å². The number of hydrogen-bond acceptors (Lipinski definition) is 5. The van der Waals surface area contributed by atoms with Gasteiger partial charge in [-0.05, 0) is 51.3 Å². The summed E-state index contributed by atoms with van der Waals surface area (Å²) in [5, 5.41) is 2.90. The average Bonchev–Trinajstić information content (AvgIpc) is 2.96. The van der Waals surface area contributed by atoms with E-state index in [-0.39, 0.29) is 22.9 Å². The fraction of sp³-hybridized carbons (Fsp3) is 0.400. The minimum absolute atomic E-state index is 0.0450. The second-order valence-corrected chi connectivity index (χ2v) is 11.1. The van der Waals surface area contributed by atoms with Crippen LogP contribution in [0, 0.1) is 0 Å². The highest BCUT2D eigenvalue weighted by Gasteiger charge is 2.43. The maximum Gasteiger partial charge on any atom is 0.269 e. The molecule has 0 fully saturated rings. The number of sulfonamides is 1. The molecule has 2 aromatic rings. The zero-order chi connectivity index (χ0) is 25.1. The lowest BCUT2D eigenvalue weighted by atomic mass is 10.1. The van der Waals surface area contributed by atoms with Crippen molar-refractivity contribution in [1.29, 1.82) is 0 Å². The summed E-state index contributed by atoms with van der Waals surface area (Å²) in [5.74, 6) is -1.66. The van der Waals surface area contributed by atoms with E-state index in [1.165, 1.54) is 23.1 Å². The fourth-order valence-corrected chi connectivity index (χ4v) is 5.47. The third kappa shape index (κ3) is 5.47. The molecule has 0 aliphatic carbocycles. The number of nitrogens with one attached hydrogen (secondary N) is 1. The Kier molecular flexibility index (Phi) is 7.45. The summed E-state index contributed by atoms with van der Waals surface area (Å²) >= 11 is 0. The van der Waals surface area contributed by atoms with Crippen molar-refractivity contribution in [1.82, 2.24) is 14.5 Å². The first-order valence-corrected chi connectivity index (χ1v) is 12.7. The Morgan fingerprint density at radius 2 is 1.65 bits per heavy atom. The third-order valence-electron chi connectivity index (χ3n) is 5.56. The number of hydrogen-bond donors (Lipinski definition) is 1. The van der Waals surface area contributed by atoms with Crippen LogP contribution in [0.4, 0.5) is 0 Å². The SMILES string of the molecule is CCC(C(=O)NC(C)(C)C)N(CCc1ccccc1)C(=O)CN1C(=O)c2ccccc2S1(=O)=O. The Labute approximate surface area is 201 Å². The highest BCUT2D eigenvalue weighted by atomic mass is 32.2. The molecule has 0 saturated carbocycles. The number of benzene rings is 2. The van der Waals surface area contributed by atoms with Crippen LogP contribution in [-0.4, -0.2) is 60.0 Å². The van der Waals surface area contributed by atoms with Gasteiger partial charge in [0, 0.05) is 12.1 Å². The first-order valence-electron chi connectivity index (χ1n) is 11.3. The van der Waals surface area contributed by atoms with Crippen LogP contribution < -0.4 is 5.32 Å². The van der Waals surface area contributed by atoms with Gasteiger partial charge >= 0.3 is 0 Å². The molecular weight excluding hydrogens is 454 g/mol. The largest absolute Gasteiger partial charge is 0.350 e. The van der Waals surface area contributed by atoms with E-state index in [0.29, 0.717) is 17.1 Å². The monoisotopic (exact) mass is 485 g/mol. The topological polar surface area (TPSA) is 104 Å². The molecule has 1 unspecified atom stereocenters. The number of amides is 3. The van der Waals surface area contributed by atoms with Crippen LogP contribution >= 0.6 is 0 Å². The highest BCUT2D eigenvalue weighted by Crippen LogP contribution is 2.30. The van der Waals surface area contributed by atoms with E-state index in [1.807, 2.05) is 51.1 Å². The van der Waals surface area contributed by atoms with Crippen LogP contribution in [0.5, 0.6) is 0 Å². The first-order chi connectivity index (χ1) is 16.0. The number of carbonyl (C=O) groups is 3. The zero-order valence-electron chi connectivity index (χ0n) is 19.9. The van der Waals surface area contributed by atoms with Crippen molar-refractivity contribution in [2.45, 2.75) is 57.0 Å². The minimum Gasteiger partial charge on any atom is -0.350 e. The number of fused-ring (bicyclic) bond motifs is 1. The molecule has 1 N–H and O–H groups in total. The molecule has 0 bridgehead atoms. The van der Waals surface area contributed by atoms with E-state index in [0.717, 1.165) is 5.56 Å². The van der Waals surface area contributed by atoms with Gasteiger partial charge in [0.05, 0.1) is 5.56 Å². The summed E-state index contributed by atoms with van der Waals surface area (Å²) in [5.41, 5.74) is 0.515. The van der Waals surface area contributed by atoms with E-state index >= 15 is 0 Å². The average molecular weight is 486 g/mol. The molecule has 9 heteroatoms. The summed E-state index contributed by atoms with van der Waals surface area (Å²) in [6, 6.07) is 14.6. The predicted molar refractivity (Wildman–Crippen MR) is 128 cm³/mol. The third-order valence-corrected chi connectivity index (χ3v) is 7.35. The van der Waals surface area contributed by atoms with Crippen molar-refractivity contribution in [2.75, 3.05) is 13.1 Å². The number of rotatable bonds is 8. The molecule has 0 spiro atoms. The van der Waals surface area contributed by atoms with Crippen molar-refractivity contribution in [3.63, 3.8) is 0 Å². The van der Waals surface area contributed by atoms with Gasteiger partial charge in [-0.1, -0.05) is 49.4 Å². The van der Waals surface area contributed by atoms with Gasteiger partial charge in [-0.25, -0.2) is 12.7 Å². The van der Waals surface area contributed by atoms with E-state index in [4.69, 9.17) is 0 Å². The van der Waals surface area contributed by atoms with Crippen molar-refractivity contribution >= 4 is 27.7 Å². The summed E-state index contributed by atoms with van der Waals surface area (Å²) < 4.78 is 26.5. The van der Waals surface area contributed by atoms with Crippen LogP contribution in [0.1, 0.15) is 50.0 Å². The standard InChI is InChI=1S/C25H31N3O5S/c1-5-20(23(30)26-25(2,3)4)27(16-15-18-11-7-6-8-12-18)22(29)17-28-24(31)19-13-9-10-14-21(19)34(28,32)33/h6-14,20H,5,15-17H2,1-4H3,(H,26,30). The Balaban J connectivity index is 1.88. The molecular formula is C25H31N3O5S. The van der Waals surface area contributed by atoms with Crippen molar-refractivity contribution in [3.05, 3.63) is 65.7 Å². The zero-order valence-corrected chi connectivity index (χ0v) is 20.8. The molecule has 0 radical (unpaired) electrons. The maximum absolute atomic E-state index is 13.5. The molecule has 1 heterocycles. The molecule has 8 nitrogen and oxygen atoms in total. The van der Waals surface area contributed by atoms with Crippen molar-refractivity contribution < 1.29 is 22.8 Å². The quantitative estimate of drug-likeness (QED) is 0.619. The molecule has 182 valence electrons. The molecule has 0 saturated heterocycles. The molecule has 1 aliphatic heterocycles. The second kappa shape index (κ2) is 9.97. The lowest BCUT2D eigenvalue weighted by molar-refractivity contribution is -0.141. The van der Waals surface area contributed by atoms with Gasteiger partial charge in [0.1, 0.15) is 17.5 Å².